The molecule has 0 aliphatic carbocycles. The number of hydrogen-bond donors (Lipinski definition) is 1. The average molecular weight is 154 g/mol. The zero-order chi connectivity index (χ0) is 7.40. The second kappa shape index (κ2) is 3.42. The van der Waals surface area contributed by atoms with Crippen LogP contribution in [0, 0.1) is 0 Å². The quantitative estimate of drug-likeness (QED) is 0.591. The first-order valence-electron chi connectivity index (χ1n) is 2.90. The van der Waals surface area contributed by atoms with E-state index < -0.39 is 5.16 Å². The molecule has 0 heterocycles. The predicted molar refractivity (Wildman–Crippen MR) is 44.5 cm³/mol. The summed E-state index contributed by atoms with van der Waals surface area (Å²) in [4.78, 5) is 0. The molecule has 0 saturated carbocycles. The summed E-state index contributed by atoms with van der Waals surface area (Å²) >= 11 is 3.50. The molecule has 0 aliphatic heterocycles. The van der Waals surface area contributed by atoms with Gasteiger partial charge in [0.15, 0.2) is 5.16 Å². The largest absolute Gasteiger partial charge is 0.200 e. The van der Waals surface area contributed by atoms with Crippen LogP contribution in [0.2, 0.25) is 0 Å². The summed E-state index contributed by atoms with van der Waals surface area (Å²) in [5.74, 6) is 0. The van der Waals surface area contributed by atoms with E-state index in [-0.39, 0.29) is 0 Å². The molecule has 0 unspecified atom stereocenters. The molecule has 0 fully saturated rings. The van der Waals surface area contributed by atoms with Crippen LogP contribution in [0.15, 0.2) is 35.5 Å². The van der Waals surface area contributed by atoms with E-state index in [1.54, 1.807) is 0 Å². The molecule has 0 N–H and O–H groups in total. The highest BCUT2D eigenvalue weighted by Gasteiger charge is 1.85. The molecule has 0 aliphatic rings. The minimum Gasteiger partial charge on any atom is -0.200 e. The first-order valence-corrected chi connectivity index (χ1v) is 3.35. The Morgan fingerprint density at radius 1 is 1.30 bits per heavy atom. The monoisotopic (exact) mass is 154 g/mol. The Morgan fingerprint density at radius 3 is 2.40 bits per heavy atom. The first kappa shape index (κ1) is 7.35. The van der Waals surface area contributed by atoms with Crippen LogP contribution in [0.1, 0.15) is 5.56 Å². The van der Waals surface area contributed by atoms with E-state index in [1.807, 2.05) is 30.3 Å². The van der Waals surface area contributed by atoms with Gasteiger partial charge < -0.3 is 0 Å². The third kappa shape index (κ3) is 2.23. The summed E-state index contributed by atoms with van der Waals surface area (Å²) in [6.07, 6.45) is 1.36. The zero-order valence-electron chi connectivity index (χ0n) is 5.29. The summed E-state index contributed by atoms with van der Waals surface area (Å²) < 4.78 is 12.1. The molecule has 1 rings (SSSR count). The van der Waals surface area contributed by atoms with Crippen LogP contribution < -0.4 is 0 Å². The smallest absolute Gasteiger partial charge is 0.154 e. The van der Waals surface area contributed by atoms with E-state index in [0.717, 1.165) is 5.56 Å². The fourth-order valence-corrected chi connectivity index (χ4v) is 0.836. The van der Waals surface area contributed by atoms with Crippen LogP contribution in [-0.2, 0) is 0 Å². The minimum absolute atomic E-state index is 0.466. The number of hydrogen-bond acceptors (Lipinski definition) is 1. The maximum absolute atomic E-state index is 12.1. The Morgan fingerprint density at radius 2 is 1.90 bits per heavy atom. The van der Waals surface area contributed by atoms with Gasteiger partial charge in [-0.3, -0.25) is 0 Å². The van der Waals surface area contributed by atoms with Crippen LogP contribution >= 0.6 is 12.6 Å². The first-order chi connectivity index (χ1) is 4.79. The molecule has 0 aromatic heterocycles. The van der Waals surface area contributed by atoms with Gasteiger partial charge in [-0.15, -0.1) is 12.6 Å². The van der Waals surface area contributed by atoms with Gasteiger partial charge >= 0.3 is 0 Å². The van der Waals surface area contributed by atoms with E-state index in [2.05, 4.69) is 12.6 Å². The molecule has 52 valence electrons. The second-order valence-electron chi connectivity index (χ2n) is 1.88. The molecule has 0 atom stereocenters. The summed E-state index contributed by atoms with van der Waals surface area (Å²) in [6, 6.07) is 9.21. The van der Waals surface area contributed by atoms with E-state index in [0.29, 0.717) is 0 Å². The molecule has 0 bridgehead atoms. The fraction of sp³-hybridized carbons (Fsp3) is 0. The molecule has 10 heavy (non-hydrogen) atoms. The molecule has 0 saturated heterocycles. The van der Waals surface area contributed by atoms with Crippen molar-refractivity contribution in [2.75, 3.05) is 0 Å². The fourth-order valence-electron chi connectivity index (χ4n) is 0.687. The lowest BCUT2D eigenvalue weighted by molar-refractivity contribution is 0.708. The summed E-state index contributed by atoms with van der Waals surface area (Å²) in [6.45, 7) is 0. The molecule has 0 radical (unpaired) electrons. The Hall–Kier alpha value is -0.760. The number of halogens is 1. The SMILES string of the molecule is FC(S)=Cc1ccccc1. The van der Waals surface area contributed by atoms with E-state index in [4.69, 9.17) is 0 Å². The maximum Gasteiger partial charge on any atom is 0.154 e. The van der Waals surface area contributed by atoms with Crippen molar-refractivity contribution >= 4 is 18.7 Å². The van der Waals surface area contributed by atoms with Crippen LogP contribution in [0.3, 0.4) is 0 Å². The van der Waals surface area contributed by atoms with Crippen molar-refractivity contribution in [3.8, 4) is 0 Å². The average Bonchev–Trinajstić information content (AvgIpc) is 1.88. The van der Waals surface area contributed by atoms with Gasteiger partial charge in [0.05, 0.1) is 0 Å². The van der Waals surface area contributed by atoms with Crippen molar-refractivity contribution in [3.05, 3.63) is 41.1 Å². The lowest BCUT2D eigenvalue weighted by Gasteiger charge is -1.88. The summed E-state index contributed by atoms with van der Waals surface area (Å²) in [5.41, 5.74) is 0.829. The van der Waals surface area contributed by atoms with Crippen LogP contribution in [-0.4, -0.2) is 0 Å². The molecule has 0 spiro atoms. The molecular formula is C8H7FS. The number of benzene rings is 1. The normalized spacial score (nSPS) is 11.6. The van der Waals surface area contributed by atoms with Gasteiger partial charge in [-0.2, -0.15) is 4.39 Å². The van der Waals surface area contributed by atoms with Crippen molar-refractivity contribution in [1.29, 1.82) is 0 Å². The van der Waals surface area contributed by atoms with Crippen molar-refractivity contribution in [2.45, 2.75) is 0 Å². The highest BCUT2D eigenvalue weighted by Crippen LogP contribution is 2.09. The predicted octanol–water partition coefficient (Wildman–Crippen LogP) is 2.88. The Balaban J connectivity index is 2.87. The van der Waals surface area contributed by atoms with Crippen molar-refractivity contribution < 1.29 is 4.39 Å². The summed E-state index contributed by atoms with van der Waals surface area (Å²) in [5, 5.41) is -0.466. The van der Waals surface area contributed by atoms with E-state index in [9.17, 15) is 4.39 Å². The highest BCUT2D eigenvalue weighted by molar-refractivity contribution is 7.84. The lowest BCUT2D eigenvalue weighted by atomic mass is 10.2. The van der Waals surface area contributed by atoms with Crippen LogP contribution in [0.25, 0.3) is 6.08 Å². The van der Waals surface area contributed by atoms with Gasteiger partial charge in [-0.1, -0.05) is 30.3 Å². The number of rotatable bonds is 1. The highest BCUT2D eigenvalue weighted by atomic mass is 32.1. The van der Waals surface area contributed by atoms with Crippen LogP contribution in [0.5, 0.6) is 0 Å². The third-order valence-electron chi connectivity index (χ3n) is 1.09. The van der Waals surface area contributed by atoms with Gasteiger partial charge in [0.25, 0.3) is 0 Å². The molecular weight excluding hydrogens is 147 g/mol. The van der Waals surface area contributed by atoms with Gasteiger partial charge in [-0.05, 0) is 11.6 Å². The molecule has 0 amide bonds. The molecule has 2 heteroatoms. The van der Waals surface area contributed by atoms with Gasteiger partial charge in [0.2, 0.25) is 0 Å². The second-order valence-corrected chi connectivity index (χ2v) is 2.30. The maximum atomic E-state index is 12.1. The molecule has 0 nitrogen and oxygen atoms in total. The number of thiol groups is 1. The van der Waals surface area contributed by atoms with E-state index >= 15 is 0 Å². The Labute approximate surface area is 64.8 Å². The minimum atomic E-state index is -0.466. The standard InChI is InChI=1S/C8H7FS/c9-8(10)6-7-4-2-1-3-5-7/h1-6,10H. The van der Waals surface area contributed by atoms with Gasteiger partial charge in [0, 0.05) is 0 Å². The summed E-state index contributed by atoms with van der Waals surface area (Å²) in [7, 11) is 0. The van der Waals surface area contributed by atoms with E-state index in [1.165, 1.54) is 6.08 Å². The van der Waals surface area contributed by atoms with Crippen LogP contribution in [0.4, 0.5) is 4.39 Å². The van der Waals surface area contributed by atoms with Crippen molar-refractivity contribution in [1.82, 2.24) is 0 Å². The Bertz CT molecular complexity index is 224. The topological polar surface area (TPSA) is 0 Å². The zero-order valence-corrected chi connectivity index (χ0v) is 6.18. The molecule has 1 aromatic rings. The third-order valence-corrected chi connectivity index (χ3v) is 1.21. The lowest BCUT2D eigenvalue weighted by Crippen LogP contribution is -1.67. The van der Waals surface area contributed by atoms with Crippen molar-refractivity contribution in [3.63, 3.8) is 0 Å². The van der Waals surface area contributed by atoms with Crippen molar-refractivity contribution in [2.24, 2.45) is 0 Å². The van der Waals surface area contributed by atoms with Gasteiger partial charge in [0.1, 0.15) is 0 Å². The molecule has 1 aromatic carbocycles. The van der Waals surface area contributed by atoms with Gasteiger partial charge in [-0.25, -0.2) is 0 Å². The Kier molecular flexibility index (Phi) is 2.51.